The summed E-state index contributed by atoms with van der Waals surface area (Å²) >= 11 is 0. The first kappa shape index (κ1) is 11.5. The van der Waals surface area contributed by atoms with Crippen LogP contribution in [0.2, 0.25) is 0 Å². The van der Waals surface area contributed by atoms with Crippen LogP contribution in [0.25, 0.3) is 0 Å². The van der Waals surface area contributed by atoms with E-state index < -0.39 is 0 Å². The lowest BCUT2D eigenvalue weighted by Gasteiger charge is -2.60. The van der Waals surface area contributed by atoms with Crippen molar-refractivity contribution in [2.75, 3.05) is 6.61 Å². The highest BCUT2D eigenvalue weighted by Crippen LogP contribution is 2.67. The number of ether oxygens (including phenoxy) is 1. The molecule has 0 unspecified atom stereocenters. The van der Waals surface area contributed by atoms with Gasteiger partial charge in [-0.1, -0.05) is 18.6 Å². The third-order valence-corrected chi connectivity index (χ3v) is 5.41. The van der Waals surface area contributed by atoms with Crippen LogP contribution >= 0.6 is 0 Å². The number of epoxide rings is 1. The van der Waals surface area contributed by atoms with E-state index in [9.17, 15) is 4.79 Å². The Bertz CT molecular complexity index is 388. The van der Waals surface area contributed by atoms with Gasteiger partial charge in [0.2, 0.25) is 0 Å². The molecule has 0 aromatic heterocycles. The molecule has 4 rings (SSSR count). The van der Waals surface area contributed by atoms with Crippen molar-refractivity contribution in [3.05, 3.63) is 11.6 Å². The van der Waals surface area contributed by atoms with E-state index >= 15 is 0 Å². The van der Waals surface area contributed by atoms with Gasteiger partial charge in [0.1, 0.15) is 0 Å². The number of hydrogen-bond donors (Lipinski definition) is 0. The maximum atomic E-state index is 12.0. The zero-order valence-electron chi connectivity index (χ0n) is 11.1. The van der Waals surface area contributed by atoms with Crippen molar-refractivity contribution in [2.24, 2.45) is 17.3 Å². The summed E-state index contributed by atoms with van der Waals surface area (Å²) in [5, 5.41) is 0. The maximum absolute atomic E-state index is 12.0. The molecule has 0 aromatic carbocycles. The molecule has 4 atom stereocenters. The lowest BCUT2D eigenvalue weighted by Crippen LogP contribution is -2.62. The van der Waals surface area contributed by atoms with Crippen LogP contribution in [0.15, 0.2) is 11.6 Å². The molecule has 0 aromatic rings. The van der Waals surface area contributed by atoms with Gasteiger partial charge in [0.25, 0.3) is 0 Å². The summed E-state index contributed by atoms with van der Waals surface area (Å²) in [6.45, 7) is 7.37. The minimum absolute atomic E-state index is 0.325. The summed E-state index contributed by atoms with van der Waals surface area (Å²) in [5.41, 5.74) is 1.43. The molecule has 0 amide bonds. The van der Waals surface area contributed by atoms with Crippen LogP contribution in [-0.4, -0.2) is 18.0 Å². The van der Waals surface area contributed by atoms with Gasteiger partial charge in [0, 0.05) is 12.3 Å². The van der Waals surface area contributed by atoms with Crippen LogP contribution < -0.4 is 0 Å². The Morgan fingerprint density at radius 2 is 2.24 bits per heavy atom. The van der Waals surface area contributed by atoms with Gasteiger partial charge < -0.3 is 4.74 Å². The summed E-state index contributed by atoms with van der Waals surface area (Å²) in [4.78, 5) is 12.0. The lowest BCUT2D eigenvalue weighted by molar-refractivity contribution is -0.163. The number of carbonyl (C=O) groups excluding carboxylic acids is 1. The normalized spacial score (nSPS) is 46.6. The molecule has 4 fully saturated rings. The highest BCUT2D eigenvalue weighted by atomic mass is 16.6. The van der Waals surface area contributed by atoms with Crippen LogP contribution in [0, 0.1) is 17.3 Å². The average molecular weight is 234 g/mol. The van der Waals surface area contributed by atoms with Crippen LogP contribution in [0.1, 0.15) is 46.5 Å². The van der Waals surface area contributed by atoms with Gasteiger partial charge in [-0.25, -0.2) is 0 Å². The van der Waals surface area contributed by atoms with Crippen molar-refractivity contribution in [1.29, 1.82) is 0 Å². The number of ketones is 1. The molecule has 94 valence electrons. The van der Waals surface area contributed by atoms with Crippen LogP contribution in [0.5, 0.6) is 0 Å². The number of allylic oxidation sites excluding steroid dienone is 2. The molecule has 3 aliphatic carbocycles. The molecule has 3 saturated carbocycles. The maximum Gasteiger partial charge on any atom is 0.167 e. The third-order valence-electron chi connectivity index (χ3n) is 5.41. The number of rotatable bonds is 3. The molecule has 1 saturated heterocycles. The van der Waals surface area contributed by atoms with Gasteiger partial charge >= 0.3 is 0 Å². The molecule has 0 radical (unpaired) electrons. The average Bonchev–Trinajstić information content (AvgIpc) is 3.02. The molecule has 1 aliphatic heterocycles. The van der Waals surface area contributed by atoms with Crippen LogP contribution in [0.3, 0.4) is 0 Å². The minimum atomic E-state index is -0.325. The van der Waals surface area contributed by atoms with Crippen molar-refractivity contribution in [1.82, 2.24) is 0 Å². The van der Waals surface area contributed by atoms with Gasteiger partial charge in [-0.05, 0) is 44.4 Å². The molecule has 4 aliphatic rings. The molecule has 1 heterocycles. The zero-order chi connectivity index (χ0) is 12.3. The Morgan fingerprint density at radius 3 is 2.82 bits per heavy atom. The summed E-state index contributed by atoms with van der Waals surface area (Å²) < 4.78 is 5.56. The Hall–Kier alpha value is -0.630. The van der Waals surface area contributed by atoms with E-state index in [1.54, 1.807) is 0 Å². The molecule has 0 N–H and O–H groups in total. The molecule has 2 bridgehead atoms. The van der Waals surface area contributed by atoms with E-state index in [2.05, 4.69) is 26.8 Å². The van der Waals surface area contributed by atoms with E-state index in [1.165, 1.54) is 18.4 Å². The van der Waals surface area contributed by atoms with Gasteiger partial charge in [-0.15, -0.1) is 0 Å². The van der Waals surface area contributed by atoms with Gasteiger partial charge in [0.15, 0.2) is 11.4 Å². The lowest BCUT2D eigenvalue weighted by atomic mass is 9.43. The fourth-order valence-corrected chi connectivity index (χ4v) is 4.07. The van der Waals surface area contributed by atoms with E-state index in [-0.39, 0.29) is 5.60 Å². The molecular weight excluding hydrogens is 212 g/mol. The largest absolute Gasteiger partial charge is 0.361 e. The standard InChI is InChI=1S/C15H22O2/c1-10(2)5-4-6-14(3)11-7-12(14)15(9-17-15)13(16)8-11/h5,11-12H,4,6-9H2,1-3H3/t11-,12-,14-,15-/m1/s1. The second-order valence-electron chi connectivity index (χ2n) is 6.62. The molecule has 17 heavy (non-hydrogen) atoms. The zero-order valence-corrected chi connectivity index (χ0v) is 11.1. The number of Topliss-reactive ketones (excluding diaryl/α,β-unsaturated/α-hetero) is 1. The van der Waals surface area contributed by atoms with E-state index in [0.717, 1.165) is 12.8 Å². The summed E-state index contributed by atoms with van der Waals surface area (Å²) in [6.07, 6.45) is 6.67. The first-order chi connectivity index (χ1) is 7.99. The fraction of sp³-hybridized carbons (Fsp3) is 0.800. The Labute approximate surface area is 103 Å². The quantitative estimate of drug-likeness (QED) is 0.554. The predicted octanol–water partition coefficient (Wildman–Crippen LogP) is 3.12. The summed E-state index contributed by atoms with van der Waals surface area (Å²) in [6, 6.07) is 0. The fourth-order valence-electron chi connectivity index (χ4n) is 4.07. The van der Waals surface area contributed by atoms with E-state index in [1.807, 2.05) is 0 Å². The number of fused-ring (bicyclic) bond motifs is 1. The smallest absolute Gasteiger partial charge is 0.167 e. The van der Waals surface area contributed by atoms with Crippen LogP contribution in [0.4, 0.5) is 0 Å². The Kier molecular flexibility index (Phi) is 2.32. The molecule has 1 spiro atoms. The second kappa shape index (κ2) is 3.44. The molecule has 2 heteroatoms. The van der Waals surface area contributed by atoms with Crippen LogP contribution in [-0.2, 0) is 9.53 Å². The van der Waals surface area contributed by atoms with Gasteiger partial charge in [0.05, 0.1) is 6.61 Å². The van der Waals surface area contributed by atoms with Crippen molar-refractivity contribution in [2.45, 2.75) is 52.1 Å². The first-order valence-corrected chi connectivity index (χ1v) is 6.80. The van der Waals surface area contributed by atoms with Crippen molar-refractivity contribution in [3.63, 3.8) is 0 Å². The number of carbonyl (C=O) groups is 1. The Balaban J connectivity index is 1.72. The highest BCUT2D eigenvalue weighted by Gasteiger charge is 2.72. The molecule has 2 nitrogen and oxygen atoms in total. The number of hydrogen-bond acceptors (Lipinski definition) is 2. The predicted molar refractivity (Wildman–Crippen MR) is 66.7 cm³/mol. The topological polar surface area (TPSA) is 29.6 Å². The van der Waals surface area contributed by atoms with Crippen molar-refractivity contribution >= 4 is 5.78 Å². The SMILES string of the molecule is CC(C)=CCC[C@]1(C)[C@H]2CC(=O)[C@@]3(CO3)[C@@H]1C2. The highest BCUT2D eigenvalue weighted by molar-refractivity contribution is 5.92. The second-order valence-corrected chi connectivity index (χ2v) is 6.62. The van der Waals surface area contributed by atoms with Crippen molar-refractivity contribution < 1.29 is 9.53 Å². The first-order valence-electron chi connectivity index (χ1n) is 6.80. The summed E-state index contributed by atoms with van der Waals surface area (Å²) in [5.74, 6) is 1.52. The van der Waals surface area contributed by atoms with Gasteiger partial charge in [-0.2, -0.15) is 0 Å². The van der Waals surface area contributed by atoms with Gasteiger partial charge in [-0.3, -0.25) is 4.79 Å². The Morgan fingerprint density at radius 1 is 1.53 bits per heavy atom. The monoisotopic (exact) mass is 234 g/mol. The van der Waals surface area contributed by atoms with Crippen molar-refractivity contribution in [3.8, 4) is 0 Å². The third kappa shape index (κ3) is 1.46. The van der Waals surface area contributed by atoms with E-state index in [0.29, 0.717) is 29.6 Å². The summed E-state index contributed by atoms with van der Waals surface area (Å²) in [7, 11) is 0. The van der Waals surface area contributed by atoms with E-state index in [4.69, 9.17) is 4.74 Å². The minimum Gasteiger partial charge on any atom is -0.361 e. The molecular formula is C15H22O2.